The molecule has 1 aromatic rings. The van der Waals surface area contributed by atoms with Crippen molar-refractivity contribution in [2.45, 2.75) is 38.3 Å². The van der Waals surface area contributed by atoms with Crippen LogP contribution in [0.3, 0.4) is 0 Å². The fourth-order valence-corrected chi connectivity index (χ4v) is 1.89. The Kier molecular flexibility index (Phi) is 4.13. The van der Waals surface area contributed by atoms with Crippen molar-refractivity contribution in [2.75, 3.05) is 6.61 Å². The minimum Gasteiger partial charge on any atom is -0.377 e. The monoisotopic (exact) mass is 237 g/mol. The van der Waals surface area contributed by atoms with Crippen LogP contribution in [-0.4, -0.2) is 12.7 Å². The van der Waals surface area contributed by atoms with Crippen LogP contribution in [0.5, 0.6) is 0 Å². The smallest absolute Gasteiger partial charge is 0.123 e. The molecule has 0 heterocycles. The summed E-state index contributed by atoms with van der Waals surface area (Å²) in [6.07, 6.45) is 3.81. The molecule has 2 rings (SSSR count). The van der Waals surface area contributed by atoms with Crippen LogP contribution in [0.1, 0.15) is 37.8 Å². The van der Waals surface area contributed by atoms with E-state index in [0.717, 1.165) is 24.5 Å². The van der Waals surface area contributed by atoms with Gasteiger partial charge in [-0.05, 0) is 37.0 Å². The van der Waals surface area contributed by atoms with Gasteiger partial charge in [0.05, 0.1) is 12.1 Å². The average molecular weight is 237 g/mol. The SMILES string of the molecule is CC(OCCC1CC1)C(N)c1ccc(F)cc1. The van der Waals surface area contributed by atoms with E-state index in [-0.39, 0.29) is 18.0 Å². The molecule has 1 fully saturated rings. The Bertz CT molecular complexity index is 348. The van der Waals surface area contributed by atoms with E-state index in [0.29, 0.717) is 0 Å². The highest BCUT2D eigenvalue weighted by Gasteiger charge is 2.22. The van der Waals surface area contributed by atoms with E-state index in [9.17, 15) is 4.39 Å². The van der Waals surface area contributed by atoms with E-state index >= 15 is 0 Å². The first kappa shape index (κ1) is 12.5. The predicted molar refractivity (Wildman–Crippen MR) is 66.1 cm³/mol. The van der Waals surface area contributed by atoms with Gasteiger partial charge in [0.25, 0.3) is 0 Å². The second-order valence-corrected chi connectivity index (χ2v) is 4.89. The van der Waals surface area contributed by atoms with E-state index in [4.69, 9.17) is 10.5 Å². The highest BCUT2D eigenvalue weighted by atomic mass is 19.1. The minimum absolute atomic E-state index is 0.0285. The normalized spacial score (nSPS) is 19.0. The van der Waals surface area contributed by atoms with Gasteiger partial charge in [-0.1, -0.05) is 25.0 Å². The highest BCUT2D eigenvalue weighted by Crippen LogP contribution is 2.32. The van der Waals surface area contributed by atoms with E-state index in [2.05, 4.69) is 0 Å². The molecule has 1 aliphatic rings. The summed E-state index contributed by atoms with van der Waals surface area (Å²) >= 11 is 0. The Morgan fingerprint density at radius 1 is 1.35 bits per heavy atom. The maximum Gasteiger partial charge on any atom is 0.123 e. The second kappa shape index (κ2) is 5.61. The Morgan fingerprint density at radius 2 is 2.00 bits per heavy atom. The van der Waals surface area contributed by atoms with Gasteiger partial charge in [-0.3, -0.25) is 0 Å². The molecule has 1 aliphatic carbocycles. The molecule has 0 aliphatic heterocycles. The number of hydrogen-bond acceptors (Lipinski definition) is 2. The van der Waals surface area contributed by atoms with E-state index in [1.165, 1.54) is 25.0 Å². The number of ether oxygens (including phenoxy) is 1. The van der Waals surface area contributed by atoms with Crippen molar-refractivity contribution in [3.05, 3.63) is 35.6 Å². The molecule has 0 amide bonds. The summed E-state index contributed by atoms with van der Waals surface area (Å²) in [5, 5.41) is 0. The average Bonchev–Trinajstić information content (AvgIpc) is 3.13. The largest absolute Gasteiger partial charge is 0.377 e. The number of hydrogen-bond donors (Lipinski definition) is 1. The highest BCUT2D eigenvalue weighted by molar-refractivity contribution is 5.20. The maximum atomic E-state index is 12.8. The lowest BCUT2D eigenvalue weighted by Crippen LogP contribution is -2.26. The fourth-order valence-electron chi connectivity index (χ4n) is 1.89. The Hall–Kier alpha value is -0.930. The van der Waals surface area contributed by atoms with Crippen LogP contribution in [-0.2, 0) is 4.74 Å². The van der Waals surface area contributed by atoms with Crippen molar-refractivity contribution in [3.8, 4) is 0 Å². The predicted octanol–water partition coefficient (Wildman–Crippen LogP) is 3.03. The molecule has 3 heteroatoms. The molecule has 0 aromatic heterocycles. The third-order valence-corrected chi connectivity index (χ3v) is 3.36. The van der Waals surface area contributed by atoms with Crippen molar-refractivity contribution in [2.24, 2.45) is 11.7 Å². The summed E-state index contributed by atoms with van der Waals surface area (Å²) in [7, 11) is 0. The van der Waals surface area contributed by atoms with Crippen LogP contribution in [0, 0.1) is 11.7 Å². The van der Waals surface area contributed by atoms with E-state index in [1.54, 1.807) is 12.1 Å². The Morgan fingerprint density at radius 3 is 2.59 bits per heavy atom. The summed E-state index contributed by atoms with van der Waals surface area (Å²) in [5.74, 6) is 0.646. The molecular formula is C14H20FNO. The van der Waals surface area contributed by atoms with Crippen molar-refractivity contribution in [3.63, 3.8) is 0 Å². The first-order valence-corrected chi connectivity index (χ1v) is 6.29. The van der Waals surface area contributed by atoms with Gasteiger partial charge < -0.3 is 10.5 Å². The van der Waals surface area contributed by atoms with Gasteiger partial charge in [0, 0.05) is 6.61 Å². The molecule has 0 radical (unpaired) electrons. The van der Waals surface area contributed by atoms with Gasteiger partial charge >= 0.3 is 0 Å². The standard InChI is InChI=1S/C14H20FNO/c1-10(17-9-8-11-2-3-11)14(16)12-4-6-13(15)7-5-12/h4-7,10-11,14H,2-3,8-9,16H2,1H3. The molecule has 17 heavy (non-hydrogen) atoms. The van der Waals surface area contributed by atoms with Gasteiger partial charge in [0.2, 0.25) is 0 Å². The number of benzene rings is 1. The van der Waals surface area contributed by atoms with Crippen LogP contribution in [0.2, 0.25) is 0 Å². The molecule has 1 aromatic carbocycles. The van der Waals surface area contributed by atoms with Crippen LogP contribution in [0.25, 0.3) is 0 Å². The van der Waals surface area contributed by atoms with E-state index in [1.807, 2.05) is 6.92 Å². The van der Waals surface area contributed by atoms with Crippen molar-refractivity contribution in [1.29, 1.82) is 0 Å². The van der Waals surface area contributed by atoms with Crippen molar-refractivity contribution < 1.29 is 9.13 Å². The molecule has 94 valence electrons. The zero-order valence-corrected chi connectivity index (χ0v) is 10.2. The van der Waals surface area contributed by atoms with Gasteiger partial charge in [0.15, 0.2) is 0 Å². The number of rotatable bonds is 6. The molecule has 2 atom stereocenters. The lowest BCUT2D eigenvalue weighted by atomic mass is 10.0. The van der Waals surface area contributed by atoms with Crippen LogP contribution in [0.4, 0.5) is 4.39 Å². The third kappa shape index (κ3) is 3.79. The molecule has 2 N–H and O–H groups in total. The van der Waals surface area contributed by atoms with Crippen molar-refractivity contribution >= 4 is 0 Å². The quantitative estimate of drug-likeness (QED) is 0.825. The van der Waals surface area contributed by atoms with Crippen LogP contribution in [0.15, 0.2) is 24.3 Å². The maximum absolute atomic E-state index is 12.8. The Labute approximate surface area is 102 Å². The zero-order valence-electron chi connectivity index (χ0n) is 10.2. The molecule has 0 spiro atoms. The summed E-state index contributed by atoms with van der Waals surface area (Å²) in [4.78, 5) is 0. The third-order valence-electron chi connectivity index (χ3n) is 3.36. The second-order valence-electron chi connectivity index (χ2n) is 4.89. The lowest BCUT2D eigenvalue weighted by molar-refractivity contribution is 0.0443. The number of halogens is 1. The summed E-state index contributed by atoms with van der Waals surface area (Å²) in [5.41, 5.74) is 7.00. The first-order valence-electron chi connectivity index (χ1n) is 6.29. The zero-order chi connectivity index (χ0) is 12.3. The van der Waals surface area contributed by atoms with Crippen molar-refractivity contribution in [1.82, 2.24) is 0 Å². The molecule has 0 bridgehead atoms. The summed E-state index contributed by atoms with van der Waals surface area (Å²) in [6, 6.07) is 6.13. The Balaban J connectivity index is 1.80. The number of nitrogens with two attached hydrogens (primary N) is 1. The van der Waals surface area contributed by atoms with Crippen LogP contribution < -0.4 is 5.73 Å². The minimum atomic E-state index is -0.233. The topological polar surface area (TPSA) is 35.2 Å². The van der Waals surface area contributed by atoms with Gasteiger partial charge in [0.1, 0.15) is 5.82 Å². The van der Waals surface area contributed by atoms with Crippen LogP contribution >= 0.6 is 0 Å². The fraction of sp³-hybridized carbons (Fsp3) is 0.571. The molecule has 1 saturated carbocycles. The molecular weight excluding hydrogens is 217 g/mol. The molecule has 2 unspecified atom stereocenters. The summed E-state index contributed by atoms with van der Waals surface area (Å²) in [6.45, 7) is 2.75. The lowest BCUT2D eigenvalue weighted by Gasteiger charge is -2.20. The molecule has 2 nitrogen and oxygen atoms in total. The summed E-state index contributed by atoms with van der Waals surface area (Å²) < 4.78 is 18.5. The molecule has 0 saturated heterocycles. The first-order chi connectivity index (χ1) is 8.16. The van der Waals surface area contributed by atoms with E-state index < -0.39 is 0 Å². The van der Waals surface area contributed by atoms with Gasteiger partial charge in [-0.25, -0.2) is 4.39 Å². The van der Waals surface area contributed by atoms with Gasteiger partial charge in [-0.2, -0.15) is 0 Å². The van der Waals surface area contributed by atoms with Gasteiger partial charge in [-0.15, -0.1) is 0 Å².